The Balaban J connectivity index is 1.35. The van der Waals surface area contributed by atoms with Gasteiger partial charge in [0.15, 0.2) is 5.78 Å². The highest BCUT2D eigenvalue weighted by Gasteiger charge is 2.29. The molecule has 5 rings (SSSR count). The van der Waals surface area contributed by atoms with E-state index >= 15 is 0 Å². The van der Waals surface area contributed by atoms with Gasteiger partial charge in [-0.15, -0.1) is 0 Å². The highest BCUT2D eigenvalue weighted by Crippen LogP contribution is 2.18. The van der Waals surface area contributed by atoms with E-state index in [2.05, 4.69) is 4.90 Å². The lowest BCUT2D eigenvalue weighted by Crippen LogP contribution is -2.50. The number of nitrogens with zero attached hydrogens (tertiary/aromatic N) is 3. The number of halogens is 3. The highest BCUT2D eigenvalue weighted by molar-refractivity contribution is 6.40. The van der Waals surface area contributed by atoms with Crippen LogP contribution in [0.4, 0.5) is 18.9 Å². The molecule has 0 N–H and O–H groups in total. The monoisotopic (exact) mass is 587 g/mol. The zero-order chi connectivity index (χ0) is 30.5. The number of amides is 1. The number of aromatic nitrogens is 1. The molecule has 4 aromatic rings. The van der Waals surface area contributed by atoms with Crippen LogP contribution >= 0.6 is 0 Å². The lowest BCUT2D eigenvalue weighted by molar-refractivity contribution is -0.144. The Hall–Kier alpha value is -4.99. The third kappa shape index (κ3) is 7.09. The maximum Gasteiger partial charge on any atom is 0.290 e. The van der Waals surface area contributed by atoms with E-state index < -0.39 is 46.9 Å². The average molecular weight is 588 g/mol. The van der Waals surface area contributed by atoms with Gasteiger partial charge in [0, 0.05) is 49.7 Å². The second-order valence-corrected chi connectivity index (χ2v) is 10.4. The molecule has 0 saturated carbocycles. The quantitative estimate of drug-likeness (QED) is 0.165. The van der Waals surface area contributed by atoms with Gasteiger partial charge in [-0.2, -0.15) is 0 Å². The van der Waals surface area contributed by atoms with E-state index in [4.69, 9.17) is 0 Å². The molecule has 0 bridgehead atoms. The predicted octanol–water partition coefficient (Wildman–Crippen LogP) is 4.40. The van der Waals surface area contributed by atoms with Crippen LogP contribution in [-0.4, -0.2) is 53.1 Å². The minimum atomic E-state index is -0.948. The van der Waals surface area contributed by atoms with Crippen molar-refractivity contribution in [3.8, 4) is 0 Å². The molecule has 3 aromatic carbocycles. The van der Waals surface area contributed by atoms with E-state index in [0.29, 0.717) is 31.7 Å². The van der Waals surface area contributed by atoms with E-state index in [1.54, 1.807) is 6.07 Å². The Morgan fingerprint density at radius 1 is 0.744 bits per heavy atom. The minimum absolute atomic E-state index is 0.0505. The van der Waals surface area contributed by atoms with Crippen molar-refractivity contribution in [3.05, 3.63) is 135 Å². The number of para-hydroxylation sites is 1. The number of piperazine rings is 1. The predicted molar refractivity (Wildman–Crippen MR) is 155 cm³/mol. The molecule has 0 spiro atoms. The molecule has 10 heteroatoms. The molecule has 7 nitrogen and oxygen atoms in total. The van der Waals surface area contributed by atoms with Crippen molar-refractivity contribution in [1.29, 1.82) is 0 Å². The van der Waals surface area contributed by atoms with Gasteiger partial charge in [0.1, 0.15) is 17.5 Å². The van der Waals surface area contributed by atoms with Gasteiger partial charge < -0.3 is 14.4 Å². The summed E-state index contributed by atoms with van der Waals surface area (Å²) in [6.45, 7) is 1.39. The largest absolute Gasteiger partial charge is 0.368 e. The molecule has 1 saturated heterocycles. The van der Waals surface area contributed by atoms with Crippen LogP contribution in [0.1, 0.15) is 33.5 Å². The molecule has 0 radical (unpaired) electrons. The number of rotatable bonds is 9. The first-order valence-electron chi connectivity index (χ1n) is 13.7. The molecule has 2 heterocycles. The van der Waals surface area contributed by atoms with Crippen LogP contribution < -0.4 is 10.5 Å². The van der Waals surface area contributed by atoms with Crippen LogP contribution in [0.15, 0.2) is 89.9 Å². The van der Waals surface area contributed by atoms with Crippen molar-refractivity contribution in [2.75, 3.05) is 31.1 Å². The number of hydrogen-bond donors (Lipinski definition) is 0. The number of benzene rings is 3. The fraction of sp³-hybridized carbons (Fsp3) is 0.212. The zero-order valence-corrected chi connectivity index (χ0v) is 23.1. The Bertz CT molecular complexity index is 1710. The van der Waals surface area contributed by atoms with Gasteiger partial charge >= 0.3 is 0 Å². The molecular weight excluding hydrogens is 559 g/mol. The summed E-state index contributed by atoms with van der Waals surface area (Å²) in [6, 6.07) is 19.7. The Morgan fingerprint density at radius 3 is 2.07 bits per heavy atom. The molecular formula is C33H28F3N3O4. The van der Waals surface area contributed by atoms with E-state index in [-0.39, 0.29) is 29.7 Å². The summed E-state index contributed by atoms with van der Waals surface area (Å²) in [4.78, 5) is 55.9. The van der Waals surface area contributed by atoms with Crippen molar-refractivity contribution < 1.29 is 27.6 Å². The lowest BCUT2D eigenvalue weighted by Gasteiger charge is -2.35. The third-order valence-corrected chi connectivity index (χ3v) is 7.32. The van der Waals surface area contributed by atoms with Crippen molar-refractivity contribution in [1.82, 2.24) is 9.47 Å². The molecule has 1 aromatic heterocycles. The van der Waals surface area contributed by atoms with E-state index in [1.165, 1.54) is 35.4 Å². The molecule has 0 unspecified atom stereocenters. The SMILES string of the molecule is O=C(CC(=O)c1cc(Cc2cc(F)cc(F)c2)cn(Cc2ccccc2F)c1=O)C(=O)N1CCN(c2ccccc2)CC1. The number of ketones is 2. The second-order valence-electron chi connectivity index (χ2n) is 10.4. The first kappa shape index (κ1) is 29.5. The summed E-state index contributed by atoms with van der Waals surface area (Å²) >= 11 is 0. The molecule has 1 aliphatic heterocycles. The fourth-order valence-electron chi connectivity index (χ4n) is 5.17. The molecule has 0 atom stereocenters. The van der Waals surface area contributed by atoms with Crippen LogP contribution in [0.25, 0.3) is 0 Å². The summed E-state index contributed by atoms with van der Waals surface area (Å²) in [5, 5.41) is 0. The maximum absolute atomic E-state index is 14.4. The fourth-order valence-corrected chi connectivity index (χ4v) is 5.17. The van der Waals surface area contributed by atoms with Crippen molar-refractivity contribution in [2.24, 2.45) is 0 Å². The van der Waals surface area contributed by atoms with Gasteiger partial charge in [-0.25, -0.2) is 13.2 Å². The maximum atomic E-state index is 14.4. The number of pyridine rings is 1. The Labute approximate surface area is 245 Å². The highest BCUT2D eigenvalue weighted by atomic mass is 19.1. The van der Waals surface area contributed by atoms with Crippen molar-refractivity contribution in [3.63, 3.8) is 0 Å². The van der Waals surface area contributed by atoms with Crippen molar-refractivity contribution in [2.45, 2.75) is 19.4 Å². The summed E-state index contributed by atoms with van der Waals surface area (Å²) in [5.74, 6) is -4.77. The topological polar surface area (TPSA) is 79.7 Å². The molecule has 0 aliphatic carbocycles. The van der Waals surface area contributed by atoms with Crippen LogP contribution in [0.3, 0.4) is 0 Å². The zero-order valence-electron chi connectivity index (χ0n) is 23.1. The lowest BCUT2D eigenvalue weighted by atomic mass is 10.0. The van der Waals surface area contributed by atoms with Crippen LogP contribution in [0.5, 0.6) is 0 Å². The number of hydrogen-bond acceptors (Lipinski definition) is 5. The average Bonchev–Trinajstić information content (AvgIpc) is 2.99. The van der Waals surface area contributed by atoms with Gasteiger partial charge in [0.25, 0.3) is 11.5 Å². The van der Waals surface area contributed by atoms with Gasteiger partial charge in [0.2, 0.25) is 5.78 Å². The van der Waals surface area contributed by atoms with Gasteiger partial charge in [-0.1, -0.05) is 36.4 Å². The summed E-state index contributed by atoms with van der Waals surface area (Å²) in [5.41, 5.74) is 0.606. The summed E-state index contributed by atoms with van der Waals surface area (Å²) in [6.07, 6.45) is 0.503. The van der Waals surface area contributed by atoms with Crippen LogP contribution in [0.2, 0.25) is 0 Å². The molecule has 43 heavy (non-hydrogen) atoms. The second kappa shape index (κ2) is 12.9. The van der Waals surface area contributed by atoms with E-state index in [1.807, 2.05) is 30.3 Å². The summed E-state index contributed by atoms with van der Waals surface area (Å²) < 4.78 is 43.2. The van der Waals surface area contributed by atoms with E-state index in [9.17, 15) is 32.3 Å². The smallest absolute Gasteiger partial charge is 0.290 e. The van der Waals surface area contributed by atoms with Gasteiger partial charge in [-0.05, 0) is 53.9 Å². The first-order chi connectivity index (χ1) is 20.7. The Morgan fingerprint density at radius 2 is 1.40 bits per heavy atom. The number of anilines is 1. The van der Waals surface area contributed by atoms with Crippen LogP contribution in [0, 0.1) is 17.5 Å². The number of carbonyl (C=O) groups excluding carboxylic acids is 3. The van der Waals surface area contributed by atoms with Gasteiger partial charge in [-0.3, -0.25) is 19.2 Å². The molecule has 1 aliphatic rings. The summed E-state index contributed by atoms with van der Waals surface area (Å²) in [7, 11) is 0. The normalized spacial score (nSPS) is 13.2. The first-order valence-corrected chi connectivity index (χ1v) is 13.7. The minimum Gasteiger partial charge on any atom is -0.368 e. The number of Topliss-reactive ketones (excluding diaryl/α,β-unsaturated/α-hetero) is 2. The molecule has 1 fully saturated rings. The van der Waals surface area contributed by atoms with Crippen LogP contribution in [-0.2, 0) is 22.6 Å². The third-order valence-electron chi connectivity index (χ3n) is 7.32. The van der Waals surface area contributed by atoms with Crippen molar-refractivity contribution >= 4 is 23.2 Å². The molecule has 1 amide bonds. The van der Waals surface area contributed by atoms with Gasteiger partial charge in [0.05, 0.1) is 18.5 Å². The molecule has 220 valence electrons. The van der Waals surface area contributed by atoms with E-state index in [0.717, 1.165) is 28.5 Å². The number of carbonyl (C=O) groups is 3. The Kier molecular flexibility index (Phi) is 8.85. The standard InChI is InChI=1S/C33H28F3N3O4/c34-25-15-22(16-26(35)18-25)14-23-17-28(32(42)39(20-23)21-24-6-4-5-9-29(24)36)30(40)19-31(41)33(43)38-12-10-37(11-13-38)27-7-2-1-3-8-27/h1-9,15-18,20H,10-14,19,21H2.